The van der Waals surface area contributed by atoms with Crippen molar-refractivity contribution >= 4 is 40.7 Å². The molecule has 0 radical (unpaired) electrons. The lowest BCUT2D eigenvalue weighted by molar-refractivity contribution is -0.116. The zero-order chi connectivity index (χ0) is 22.0. The summed E-state index contributed by atoms with van der Waals surface area (Å²) in [5, 5.41) is 3.28. The van der Waals surface area contributed by atoms with Crippen LogP contribution in [0.5, 0.6) is 5.75 Å². The number of benzene rings is 1. The highest BCUT2D eigenvalue weighted by atomic mass is 35.5. The van der Waals surface area contributed by atoms with Crippen LogP contribution in [-0.2, 0) is 11.2 Å². The lowest BCUT2D eigenvalue weighted by Crippen LogP contribution is -2.33. The molecule has 4 rings (SSSR count). The number of halogens is 2. The molecule has 1 aliphatic rings. The highest BCUT2D eigenvalue weighted by molar-refractivity contribution is 7.17. The number of rotatable bonds is 6. The SMILES string of the molecule is CC(=O)c1ccc(-c2cc(Cl)c3c(c2)CC(CNC(=O)/C=C/c2cncc(F)c2)O3)s1. The van der Waals surface area contributed by atoms with Gasteiger partial charge < -0.3 is 10.1 Å². The van der Waals surface area contributed by atoms with E-state index in [-0.39, 0.29) is 17.8 Å². The minimum Gasteiger partial charge on any atom is -0.486 e. The number of hydrogen-bond donors (Lipinski definition) is 1. The maximum atomic E-state index is 13.1. The zero-order valence-corrected chi connectivity index (χ0v) is 18.1. The third-order valence-corrected chi connectivity index (χ3v) is 6.26. The second-order valence-corrected chi connectivity index (χ2v) is 8.62. The number of aromatic nitrogens is 1. The Morgan fingerprint density at radius 3 is 2.90 bits per heavy atom. The van der Waals surface area contributed by atoms with E-state index in [0.717, 1.165) is 22.2 Å². The van der Waals surface area contributed by atoms with Crippen LogP contribution in [0, 0.1) is 5.82 Å². The molecule has 0 saturated heterocycles. The number of carbonyl (C=O) groups excluding carboxylic acids is 2. The fraction of sp³-hybridized carbons (Fsp3) is 0.174. The van der Waals surface area contributed by atoms with Crippen LogP contribution >= 0.6 is 22.9 Å². The minimum atomic E-state index is -0.462. The van der Waals surface area contributed by atoms with Gasteiger partial charge in [0.15, 0.2) is 5.78 Å². The quantitative estimate of drug-likeness (QED) is 0.421. The van der Waals surface area contributed by atoms with Crippen molar-refractivity contribution in [3.8, 4) is 16.2 Å². The first kappa shape index (κ1) is 21.2. The first-order valence-corrected chi connectivity index (χ1v) is 10.7. The highest BCUT2D eigenvalue weighted by Crippen LogP contribution is 2.41. The summed E-state index contributed by atoms with van der Waals surface area (Å²) in [5.74, 6) is -0.123. The van der Waals surface area contributed by atoms with Crippen LogP contribution < -0.4 is 10.1 Å². The van der Waals surface area contributed by atoms with E-state index in [9.17, 15) is 14.0 Å². The van der Waals surface area contributed by atoms with E-state index in [0.29, 0.717) is 34.2 Å². The molecule has 5 nitrogen and oxygen atoms in total. The number of ketones is 1. The standard InChI is InChI=1S/C23H18ClFN2O3S/c1-13(28)20-3-4-21(31-20)15-7-16-8-18(30-23(16)19(24)9-15)12-27-22(29)5-2-14-6-17(25)11-26-10-14/h2-7,9-11,18H,8,12H2,1H3,(H,27,29)/b5-2+. The summed E-state index contributed by atoms with van der Waals surface area (Å²) in [7, 11) is 0. The number of ether oxygens (including phenoxy) is 1. The molecule has 1 aliphatic heterocycles. The van der Waals surface area contributed by atoms with Gasteiger partial charge in [0.05, 0.1) is 22.6 Å². The van der Waals surface area contributed by atoms with Crippen LogP contribution in [0.2, 0.25) is 5.02 Å². The van der Waals surface area contributed by atoms with Crippen molar-refractivity contribution in [1.82, 2.24) is 10.3 Å². The van der Waals surface area contributed by atoms with E-state index in [1.54, 1.807) is 6.92 Å². The molecule has 158 valence electrons. The largest absolute Gasteiger partial charge is 0.486 e. The fourth-order valence-corrected chi connectivity index (χ4v) is 4.46. The summed E-state index contributed by atoms with van der Waals surface area (Å²) in [4.78, 5) is 29.0. The van der Waals surface area contributed by atoms with Gasteiger partial charge in [0.25, 0.3) is 0 Å². The van der Waals surface area contributed by atoms with Gasteiger partial charge in [-0.3, -0.25) is 14.6 Å². The normalized spacial score (nSPS) is 15.0. The maximum Gasteiger partial charge on any atom is 0.244 e. The maximum absolute atomic E-state index is 13.1. The van der Waals surface area contributed by atoms with Crippen LogP contribution in [0.25, 0.3) is 16.5 Å². The van der Waals surface area contributed by atoms with Crippen LogP contribution in [0.15, 0.2) is 48.8 Å². The van der Waals surface area contributed by atoms with E-state index in [1.165, 1.54) is 35.8 Å². The smallest absolute Gasteiger partial charge is 0.244 e. The Balaban J connectivity index is 1.38. The van der Waals surface area contributed by atoms with Crippen LogP contribution in [0.4, 0.5) is 4.39 Å². The van der Waals surface area contributed by atoms with E-state index in [1.807, 2.05) is 24.3 Å². The number of fused-ring (bicyclic) bond motifs is 1. The average molecular weight is 457 g/mol. The van der Waals surface area contributed by atoms with Crippen molar-refractivity contribution in [2.45, 2.75) is 19.4 Å². The molecule has 0 aliphatic carbocycles. The summed E-state index contributed by atoms with van der Waals surface area (Å²) >= 11 is 7.86. The first-order valence-electron chi connectivity index (χ1n) is 9.56. The molecule has 1 unspecified atom stereocenters. The van der Waals surface area contributed by atoms with E-state index < -0.39 is 5.82 Å². The average Bonchev–Trinajstić information content (AvgIpc) is 3.38. The Morgan fingerprint density at radius 1 is 1.32 bits per heavy atom. The number of thiophene rings is 1. The predicted molar refractivity (Wildman–Crippen MR) is 119 cm³/mol. The second kappa shape index (κ2) is 8.99. The van der Waals surface area contributed by atoms with Crippen molar-refractivity contribution in [1.29, 1.82) is 0 Å². The molecule has 8 heteroatoms. The van der Waals surface area contributed by atoms with Crippen molar-refractivity contribution in [3.05, 3.63) is 75.6 Å². The van der Waals surface area contributed by atoms with Gasteiger partial charge in [-0.05, 0) is 54.5 Å². The molecular formula is C23H18ClFN2O3S. The molecule has 3 aromatic rings. The fourth-order valence-electron chi connectivity index (χ4n) is 3.29. The van der Waals surface area contributed by atoms with Crippen molar-refractivity contribution in [2.24, 2.45) is 0 Å². The van der Waals surface area contributed by atoms with Crippen LogP contribution in [0.1, 0.15) is 27.7 Å². The van der Waals surface area contributed by atoms with Gasteiger partial charge >= 0.3 is 0 Å². The number of carbonyl (C=O) groups is 2. The third-order valence-electron chi connectivity index (χ3n) is 4.75. The summed E-state index contributed by atoms with van der Waals surface area (Å²) in [6.07, 6.45) is 5.75. The Morgan fingerprint density at radius 2 is 2.16 bits per heavy atom. The number of Topliss-reactive ketones (excluding diaryl/α,β-unsaturated/α-hetero) is 1. The minimum absolute atomic E-state index is 0.0327. The zero-order valence-electron chi connectivity index (χ0n) is 16.5. The molecule has 1 aromatic carbocycles. The number of pyridine rings is 1. The molecule has 0 bridgehead atoms. The van der Waals surface area contributed by atoms with Gasteiger partial charge in [-0.15, -0.1) is 11.3 Å². The first-order chi connectivity index (χ1) is 14.9. The molecule has 0 fully saturated rings. The predicted octanol–water partition coefficient (Wildman–Crippen LogP) is 4.94. The Hall–Kier alpha value is -3.03. The topological polar surface area (TPSA) is 68.3 Å². The van der Waals surface area contributed by atoms with Crippen molar-refractivity contribution in [2.75, 3.05) is 6.54 Å². The molecule has 3 heterocycles. The van der Waals surface area contributed by atoms with E-state index in [2.05, 4.69) is 10.3 Å². The van der Waals surface area contributed by atoms with E-state index >= 15 is 0 Å². The van der Waals surface area contributed by atoms with Gasteiger partial charge in [0.1, 0.15) is 17.7 Å². The Labute approximate surface area is 187 Å². The highest BCUT2D eigenvalue weighted by Gasteiger charge is 2.26. The Kier molecular flexibility index (Phi) is 6.15. The molecule has 0 spiro atoms. The van der Waals surface area contributed by atoms with Crippen molar-refractivity contribution in [3.63, 3.8) is 0 Å². The van der Waals surface area contributed by atoms with Crippen molar-refractivity contribution < 1.29 is 18.7 Å². The molecule has 1 amide bonds. The molecule has 2 aromatic heterocycles. The Bertz CT molecular complexity index is 1190. The molecular weight excluding hydrogens is 439 g/mol. The number of amides is 1. The number of nitrogens with one attached hydrogen (secondary N) is 1. The second-order valence-electron chi connectivity index (χ2n) is 7.13. The molecule has 31 heavy (non-hydrogen) atoms. The van der Waals surface area contributed by atoms with Gasteiger partial charge in [-0.1, -0.05) is 11.6 Å². The number of hydrogen-bond acceptors (Lipinski definition) is 5. The van der Waals surface area contributed by atoms with Gasteiger partial charge in [-0.25, -0.2) is 4.39 Å². The lowest BCUT2D eigenvalue weighted by Gasteiger charge is -2.11. The van der Waals surface area contributed by atoms with E-state index in [4.69, 9.17) is 16.3 Å². The summed E-state index contributed by atoms with van der Waals surface area (Å²) < 4.78 is 19.1. The lowest BCUT2D eigenvalue weighted by atomic mass is 10.1. The van der Waals surface area contributed by atoms with Crippen LogP contribution in [-0.4, -0.2) is 29.3 Å². The monoisotopic (exact) mass is 456 g/mol. The summed E-state index contributed by atoms with van der Waals surface area (Å²) in [6.45, 7) is 1.85. The third kappa shape index (κ3) is 5.00. The molecule has 0 saturated carbocycles. The number of nitrogens with zero attached hydrogens (tertiary/aromatic N) is 1. The molecule has 1 atom stereocenters. The summed E-state index contributed by atoms with van der Waals surface area (Å²) in [6, 6.07) is 8.85. The summed E-state index contributed by atoms with van der Waals surface area (Å²) in [5.41, 5.74) is 2.39. The van der Waals surface area contributed by atoms with Gasteiger partial charge in [0, 0.05) is 29.1 Å². The van der Waals surface area contributed by atoms with Gasteiger partial charge in [0.2, 0.25) is 5.91 Å². The van der Waals surface area contributed by atoms with Crippen LogP contribution in [0.3, 0.4) is 0 Å². The van der Waals surface area contributed by atoms with Gasteiger partial charge in [-0.2, -0.15) is 0 Å². The molecule has 1 N–H and O–H groups in total.